The van der Waals surface area contributed by atoms with E-state index >= 15 is 0 Å². The third kappa shape index (κ3) is 5.10. The van der Waals surface area contributed by atoms with Crippen molar-refractivity contribution in [2.24, 2.45) is 5.10 Å². The summed E-state index contributed by atoms with van der Waals surface area (Å²) in [5, 5.41) is 6.66. The van der Waals surface area contributed by atoms with Crippen molar-refractivity contribution in [3.05, 3.63) is 59.1 Å². The molecule has 0 fully saturated rings. The number of benzene rings is 2. The zero-order valence-electron chi connectivity index (χ0n) is 13.0. The van der Waals surface area contributed by atoms with E-state index in [1.54, 1.807) is 30.3 Å². The number of amides is 2. The summed E-state index contributed by atoms with van der Waals surface area (Å²) in [6, 6.07) is 13.7. The first-order chi connectivity index (χ1) is 11.6. The first-order valence-electron chi connectivity index (χ1n) is 7.22. The summed E-state index contributed by atoms with van der Waals surface area (Å²) in [4.78, 5) is 23.5. The van der Waals surface area contributed by atoms with Crippen molar-refractivity contribution < 1.29 is 14.3 Å². The molecule has 2 aromatic rings. The van der Waals surface area contributed by atoms with Crippen LogP contribution in [-0.2, 0) is 9.59 Å². The second-order valence-electron chi connectivity index (χ2n) is 4.63. The number of hydrogen-bond acceptors (Lipinski definition) is 4. The number of para-hydroxylation sites is 1. The predicted molar refractivity (Wildman–Crippen MR) is 93.4 cm³/mol. The fraction of sp³-hybridized carbons (Fsp3) is 0.118. The monoisotopic (exact) mass is 345 g/mol. The number of carbonyl (C=O) groups excluding carboxylic acids is 2. The Morgan fingerprint density at radius 3 is 2.71 bits per heavy atom. The minimum atomic E-state index is -0.889. The molecule has 2 N–H and O–H groups in total. The van der Waals surface area contributed by atoms with E-state index in [1.165, 1.54) is 12.3 Å². The van der Waals surface area contributed by atoms with Gasteiger partial charge >= 0.3 is 11.8 Å². The summed E-state index contributed by atoms with van der Waals surface area (Å²) in [7, 11) is 0. The normalized spacial score (nSPS) is 10.4. The van der Waals surface area contributed by atoms with Crippen molar-refractivity contribution in [1.82, 2.24) is 5.43 Å². The lowest BCUT2D eigenvalue weighted by molar-refractivity contribution is -0.136. The molecule has 2 rings (SSSR count). The molecule has 24 heavy (non-hydrogen) atoms. The molecule has 7 heteroatoms. The van der Waals surface area contributed by atoms with Crippen LogP contribution < -0.4 is 15.5 Å². The molecule has 0 bridgehead atoms. The third-order valence-corrected chi connectivity index (χ3v) is 3.11. The summed E-state index contributed by atoms with van der Waals surface area (Å²) in [5.41, 5.74) is 3.28. The minimum Gasteiger partial charge on any atom is -0.493 e. The third-order valence-electron chi connectivity index (χ3n) is 2.88. The second-order valence-corrected chi connectivity index (χ2v) is 5.07. The number of halogens is 1. The van der Waals surface area contributed by atoms with E-state index in [-0.39, 0.29) is 0 Å². The number of hydrogen-bond donors (Lipinski definition) is 2. The van der Waals surface area contributed by atoms with Crippen molar-refractivity contribution in [1.29, 1.82) is 0 Å². The minimum absolute atomic E-state index is 0.424. The molecule has 0 atom stereocenters. The van der Waals surface area contributed by atoms with E-state index in [4.69, 9.17) is 16.3 Å². The maximum Gasteiger partial charge on any atom is 0.329 e. The van der Waals surface area contributed by atoms with Gasteiger partial charge in [-0.2, -0.15) is 5.10 Å². The number of ether oxygens (including phenoxy) is 1. The standard InChI is InChI=1S/C17H16ClN3O3/c1-2-24-15-9-4-3-6-12(15)11-19-21-17(23)16(22)20-14-8-5-7-13(18)10-14/h3-11H,2H2,1H3,(H,20,22)(H,21,23)/b19-11+. The molecular formula is C17H16ClN3O3. The largest absolute Gasteiger partial charge is 0.493 e. The van der Waals surface area contributed by atoms with E-state index in [0.29, 0.717) is 28.6 Å². The van der Waals surface area contributed by atoms with Gasteiger partial charge in [-0.15, -0.1) is 0 Å². The first kappa shape index (κ1) is 17.5. The van der Waals surface area contributed by atoms with Crippen LogP contribution in [0.5, 0.6) is 5.75 Å². The van der Waals surface area contributed by atoms with Crippen molar-refractivity contribution in [3.63, 3.8) is 0 Å². The lowest BCUT2D eigenvalue weighted by Gasteiger charge is -2.06. The Morgan fingerprint density at radius 2 is 1.96 bits per heavy atom. The van der Waals surface area contributed by atoms with Crippen LogP contribution in [0.2, 0.25) is 5.02 Å². The van der Waals surface area contributed by atoms with Crippen LogP contribution in [0.3, 0.4) is 0 Å². The van der Waals surface area contributed by atoms with Gasteiger partial charge in [0.05, 0.1) is 12.8 Å². The summed E-state index contributed by atoms with van der Waals surface area (Å²) in [5.74, 6) is -1.09. The van der Waals surface area contributed by atoms with Crippen LogP contribution in [0.25, 0.3) is 0 Å². The van der Waals surface area contributed by atoms with Crippen molar-refractivity contribution in [2.45, 2.75) is 6.92 Å². The molecule has 0 saturated heterocycles. The van der Waals surface area contributed by atoms with Crippen LogP contribution in [0, 0.1) is 0 Å². The predicted octanol–water partition coefficient (Wildman–Crippen LogP) is 2.83. The molecule has 0 unspecified atom stereocenters. The van der Waals surface area contributed by atoms with Gasteiger partial charge in [-0.3, -0.25) is 9.59 Å². The molecule has 0 radical (unpaired) electrons. The molecule has 124 valence electrons. The summed E-state index contributed by atoms with van der Waals surface area (Å²) >= 11 is 5.81. The van der Waals surface area contributed by atoms with Crippen molar-refractivity contribution >= 4 is 35.3 Å². The molecule has 0 aliphatic rings. The van der Waals surface area contributed by atoms with E-state index < -0.39 is 11.8 Å². The quantitative estimate of drug-likeness (QED) is 0.497. The average molecular weight is 346 g/mol. The number of nitrogens with zero attached hydrogens (tertiary/aromatic N) is 1. The van der Waals surface area contributed by atoms with Gasteiger partial charge in [0, 0.05) is 16.3 Å². The average Bonchev–Trinajstić information content (AvgIpc) is 2.56. The van der Waals surface area contributed by atoms with Gasteiger partial charge in [-0.25, -0.2) is 5.43 Å². The van der Waals surface area contributed by atoms with Crippen molar-refractivity contribution in [2.75, 3.05) is 11.9 Å². The van der Waals surface area contributed by atoms with Gasteiger partial charge in [0.1, 0.15) is 5.75 Å². The highest BCUT2D eigenvalue weighted by Crippen LogP contribution is 2.16. The zero-order valence-corrected chi connectivity index (χ0v) is 13.7. The highest BCUT2D eigenvalue weighted by Gasteiger charge is 2.13. The highest BCUT2D eigenvalue weighted by molar-refractivity contribution is 6.39. The molecule has 0 spiro atoms. The van der Waals surface area contributed by atoms with E-state index in [9.17, 15) is 9.59 Å². The van der Waals surface area contributed by atoms with E-state index in [2.05, 4.69) is 15.8 Å². The molecule has 0 aliphatic heterocycles. The van der Waals surface area contributed by atoms with Gasteiger partial charge in [0.2, 0.25) is 0 Å². The second kappa shape index (κ2) is 8.69. The van der Waals surface area contributed by atoms with Gasteiger partial charge < -0.3 is 10.1 Å². The van der Waals surface area contributed by atoms with Gasteiger partial charge in [0.25, 0.3) is 0 Å². The molecule has 0 heterocycles. The van der Waals surface area contributed by atoms with Gasteiger partial charge in [-0.1, -0.05) is 29.8 Å². The number of carbonyl (C=O) groups is 2. The van der Waals surface area contributed by atoms with Crippen LogP contribution in [0.4, 0.5) is 5.69 Å². The number of rotatable bonds is 5. The lowest BCUT2D eigenvalue weighted by Crippen LogP contribution is -2.32. The Labute approximate surface area is 144 Å². The maximum atomic E-state index is 11.8. The van der Waals surface area contributed by atoms with E-state index in [0.717, 1.165) is 0 Å². The summed E-state index contributed by atoms with van der Waals surface area (Å²) in [6.45, 7) is 2.38. The van der Waals surface area contributed by atoms with E-state index in [1.807, 2.05) is 19.1 Å². The molecule has 0 aromatic heterocycles. The Hall–Kier alpha value is -2.86. The zero-order chi connectivity index (χ0) is 17.4. The molecule has 0 aliphatic carbocycles. The smallest absolute Gasteiger partial charge is 0.329 e. The molecule has 6 nitrogen and oxygen atoms in total. The number of hydrazone groups is 1. The van der Waals surface area contributed by atoms with Crippen LogP contribution in [0.15, 0.2) is 53.6 Å². The molecule has 2 amide bonds. The van der Waals surface area contributed by atoms with Gasteiger partial charge in [-0.05, 0) is 37.3 Å². The Balaban J connectivity index is 1.94. The van der Waals surface area contributed by atoms with Crippen LogP contribution in [-0.4, -0.2) is 24.6 Å². The topological polar surface area (TPSA) is 79.8 Å². The fourth-order valence-electron chi connectivity index (χ4n) is 1.84. The number of anilines is 1. The maximum absolute atomic E-state index is 11.8. The number of nitrogens with one attached hydrogen (secondary N) is 2. The van der Waals surface area contributed by atoms with Crippen LogP contribution in [0.1, 0.15) is 12.5 Å². The Morgan fingerprint density at radius 1 is 1.17 bits per heavy atom. The SMILES string of the molecule is CCOc1ccccc1/C=N/NC(=O)C(=O)Nc1cccc(Cl)c1. The molecular weight excluding hydrogens is 330 g/mol. The fourth-order valence-corrected chi connectivity index (χ4v) is 2.03. The summed E-state index contributed by atoms with van der Waals surface area (Å²) in [6.07, 6.45) is 1.41. The van der Waals surface area contributed by atoms with Crippen LogP contribution >= 0.6 is 11.6 Å². The summed E-state index contributed by atoms with van der Waals surface area (Å²) < 4.78 is 5.44. The van der Waals surface area contributed by atoms with Gasteiger partial charge in [0.15, 0.2) is 0 Å². The Bertz CT molecular complexity index is 762. The molecule has 0 saturated carbocycles. The van der Waals surface area contributed by atoms with Crippen molar-refractivity contribution in [3.8, 4) is 5.75 Å². The molecule has 2 aromatic carbocycles. The Kier molecular flexibility index (Phi) is 6.33. The highest BCUT2D eigenvalue weighted by atomic mass is 35.5. The first-order valence-corrected chi connectivity index (χ1v) is 7.59. The lowest BCUT2D eigenvalue weighted by atomic mass is 10.2.